The lowest BCUT2D eigenvalue weighted by Crippen LogP contribution is -2.30. The summed E-state index contributed by atoms with van der Waals surface area (Å²) in [5.41, 5.74) is 2.22. The summed E-state index contributed by atoms with van der Waals surface area (Å²) in [5.74, 6) is 0.260. The molecule has 0 aliphatic heterocycles. The van der Waals surface area contributed by atoms with Crippen molar-refractivity contribution in [3.05, 3.63) is 46.5 Å². The molecule has 10 heteroatoms. The van der Waals surface area contributed by atoms with E-state index in [0.717, 1.165) is 5.56 Å². The zero-order valence-corrected chi connectivity index (χ0v) is 16.9. The van der Waals surface area contributed by atoms with Gasteiger partial charge in [0.15, 0.2) is 5.65 Å². The number of hydrogen-bond donors (Lipinski definition) is 3. The number of benzene rings is 1. The largest absolute Gasteiger partial charge is 0.396 e. The molecule has 3 N–H and O–H groups in total. The molecule has 148 valence electrons. The highest BCUT2D eigenvalue weighted by molar-refractivity contribution is 7.98. The van der Waals surface area contributed by atoms with Crippen LogP contribution in [-0.2, 0) is 5.75 Å². The Kier molecular flexibility index (Phi) is 5.78. The number of aliphatic hydroxyl groups is 3. The van der Waals surface area contributed by atoms with Gasteiger partial charge >= 0.3 is 0 Å². The Morgan fingerprint density at radius 1 is 1.11 bits per heavy atom. The van der Waals surface area contributed by atoms with Crippen LogP contribution in [0.25, 0.3) is 11.2 Å². The Morgan fingerprint density at radius 3 is 2.64 bits per heavy atom. The third kappa shape index (κ3) is 3.60. The Labute approximate surface area is 175 Å². The summed E-state index contributed by atoms with van der Waals surface area (Å²) in [4.78, 5) is 13.1. The van der Waals surface area contributed by atoms with Crippen molar-refractivity contribution in [2.45, 2.75) is 35.4 Å². The summed E-state index contributed by atoms with van der Waals surface area (Å²) < 4.78 is 1.75. The number of halogens is 2. The van der Waals surface area contributed by atoms with Gasteiger partial charge in [-0.05, 0) is 24.1 Å². The first-order chi connectivity index (χ1) is 13.5. The average molecular weight is 441 g/mol. The number of nitrogens with zero attached hydrogens (tertiary/aromatic N) is 4. The van der Waals surface area contributed by atoms with E-state index < -0.39 is 18.2 Å². The van der Waals surface area contributed by atoms with Crippen LogP contribution in [0, 0.1) is 5.92 Å². The molecule has 28 heavy (non-hydrogen) atoms. The average Bonchev–Trinajstić information content (AvgIpc) is 3.24. The fraction of sp³-hybridized carbons (Fsp3) is 0.389. The molecule has 1 aliphatic rings. The molecular weight excluding hydrogens is 423 g/mol. The molecule has 2 aromatic heterocycles. The summed E-state index contributed by atoms with van der Waals surface area (Å²) in [6.45, 7) is -0.179. The van der Waals surface area contributed by atoms with Crippen LogP contribution < -0.4 is 0 Å². The molecule has 4 rings (SSSR count). The summed E-state index contributed by atoms with van der Waals surface area (Å²) in [5, 5.41) is 31.6. The van der Waals surface area contributed by atoms with E-state index in [2.05, 4.69) is 15.0 Å². The van der Waals surface area contributed by atoms with Crippen LogP contribution in [0.1, 0.15) is 18.0 Å². The normalized spacial score (nSPS) is 24.9. The molecule has 0 amide bonds. The van der Waals surface area contributed by atoms with Gasteiger partial charge in [-0.1, -0.05) is 41.0 Å². The SMILES string of the molecule is OC[C@H]1C[C@@H](n2cnc3c(SCc4ccc(Cl)c(Cl)c4)ncnc32)[C@H](O)[C@@H]1O. The van der Waals surface area contributed by atoms with E-state index in [0.29, 0.717) is 38.4 Å². The summed E-state index contributed by atoms with van der Waals surface area (Å²) >= 11 is 13.5. The van der Waals surface area contributed by atoms with Gasteiger partial charge in [-0.15, -0.1) is 0 Å². The lowest BCUT2D eigenvalue weighted by atomic mass is 10.1. The first kappa shape index (κ1) is 19.9. The minimum atomic E-state index is -0.989. The molecule has 0 saturated heterocycles. The van der Waals surface area contributed by atoms with Gasteiger partial charge in [-0.3, -0.25) is 0 Å². The maximum atomic E-state index is 10.4. The van der Waals surface area contributed by atoms with E-state index in [9.17, 15) is 15.3 Å². The first-order valence-corrected chi connectivity index (χ1v) is 10.4. The van der Waals surface area contributed by atoms with Crippen LogP contribution in [0.4, 0.5) is 0 Å². The highest BCUT2D eigenvalue weighted by atomic mass is 35.5. The Morgan fingerprint density at radius 2 is 1.93 bits per heavy atom. The van der Waals surface area contributed by atoms with Gasteiger partial charge in [0.1, 0.15) is 23.0 Å². The fourth-order valence-electron chi connectivity index (χ4n) is 3.52. The van der Waals surface area contributed by atoms with E-state index in [1.165, 1.54) is 18.1 Å². The molecule has 1 fully saturated rings. The molecule has 0 spiro atoms. The molecule has 0 bridgehead atoms. The molecule has 1 aromatic carbocycles. The van der Waals surface area contributed by atoms with Crippen LogP contribution in [0.15, 0.2) is 35.9 Å². The summed E-state index contributed by atoms with van der Waals surface area (Å²) in [7, 11) is 0. The zero-order chi connectivity index (χ0) is 19.8. The Balaban J connectivity index is 1.59. The van der Waals surface area contributed by atoms with Crippen molar-refractivity contribution in [1.29, 1.82) is 0 Å². The van der Waals surface area contributed by atoms with E-state index in [4.69, 9.17) is 23.2 Å². The van der Waals surface area contributed by atoms with Gasteiger partial charge in [-0.2, -0.15) is 0 Å². The van der Waals surface area contributed by atoms with Crippen molar-refractivity contribution in [2.75, 3.05) is 6.61 Å². The fourth-order valence-corrected chi connectivity index (χ4v) is 4.72. The number of aliphatic hydroxyl groups excluding tert-OH is 3. The second kappa shape index (κ2) is 8.14. The molecule has 0 radical (unpaired) electrons. The number of thioether (sulfide) groups is 1. The van der Waals surface area contributed by atoms with Gasteiger partial charge in [0.05, 0.1) is 28.5 Å². The quantitative estimate of drug-likeness (QED) is 0.413. The summed E-state index contributed by atoms with van der Waals surface area (Å²) in [6, 6.07) is 5.08. The summed E-state index contributed by atoms with van der Waals surface area (Å²) in [6.07, 6.45) is 1.54. The van der Waals surface area contributed by atoms with Crippen LogP contribution >= 0.6 is 35.0 Å². The predicted octanol–water partition coefficient (Wildman–Crippen LogP) is 2.70. The smallest absolute Gasteiger partial charge is 0.164 e. The molecule has 4 atom stereocenters. The second-order valence-corrected chi connectivity index (χ2v) is 8.55. The molecule has 7 nitrogen and oxygen atoms in total. The highest BCUT2D eigenvalue weighted by Crippen LogP contribution is 2.37. The van der Waals surface area contributed by atoms with E-state index in [-0.39, 0.29) is 12.5 Å². The Bertz CT molecular complexity index is 1000. The second-order valence-electron chi connectivity index (χ2n) is 6.77. The standard InChI is InChI=1S/C18H18Cl2N4O3S/c19-11-2-1-9(3-12(11)20)6-28-18-14-17(21-7-22-18)24(8-23-14)13-4-10(5-25)15(26)16(13)27/h1-3,7-8,10,13,15-16,25-27H,4-6H2/t10-,13-,15-,16+/m1/s1. The first-order valence-electron chi connectivity index (χ1n) is 8.71. The number of hydrogen-bond acceptors (Lipinski definition) is 7. The van der Waals surface area contributed by atoms with Crippen LogP contribution in [-0.4, -0.2) is 53.7 Å². The lowest BCUT2D eigenvalue weighted by Gasteiger charge is -2.18. The lowest BCUT2D eigenvalue weighted by molar-refractivity contribution is -0.00370. The third-order valence-electron chi connectivity index (χ3n) is 5.05. The number of rotatable bonds is 5. The van der Waals surface area contributed by atoms with Crippen LogP contribution in [0.5, 0.6) is 0 Å². The minimum Gasteiger partial charge on any atom is -0.396 e. The third-order valence-corrected chi connectivity index (χ3v) is 6.84. The van der Waals surface area contributed by atoms with Crippen molar-refractivity contribution in [3.8, 4) is 0 Å². The number of imidazole rings is 1. The predicted molar refractivity (Wildman–Crippen MR) is 108 cm³/mol. The van der Waals surface area contributed by atoms with Crippen molar-refractivity contribution >= 4 is 46.1 Å². The molecule has 3 aromatic rings. The van der Waals surface area contributed by atoms with Crippen molar-refractivity contribution in [3.63, 3.8) is 0 Å². The molecule has 2 heterocycles. The number of fused-ring (bicyclic) bond motifs is 1. The monoisotopic (exact) mass is 440 g/mol. The van der Waals surface area contributed by atoms with Crippen molar-refractivity contribution < 1.29 is 15.3 Å². The van der Waals surface area contributed by atoms with E-state index in [1.54, 1.807) is 17.0 Å². The molecular formula is C18H18Cl2N4O3S. The van der Waals surface area contributed by atoms with Gasteiger partial charge in [0.25, 0.3) is 0 Å². The topological polar surface area (TPSA) is 104 Å². The van der Waals surface area contributed by atoms with E-state index >= 15 is 0 Å². The van der Waals surface area contributed by atoms with Gasteiger partial charge in [0.2, 0.25) is 0 Å². The highest BCUT2D eigenvalue weighted by Gasteiger charge is 2.42. The van der Waals surface area contributed by atoms with E-state index in [1.807, 2.05) is 12.1 Å². The van der Waals surface area contributed by atoms with Crippen molar-refractivity contribution in [1.82, 2.24) is 19.5 Å². The zero-order valence-electron chi connectivity index (χ0n) is 14.6. The Hall–Kier alpha value is -1.42. The maximum absolute atomic E-state index is 10.4. The molecule has 0 unspecified atom stereocenters. The molecule has 1 aliphatic carbocycles. The molecule has 1 saturated carbocycles. The van der Waals surface area contributed by atoms with Crippen LogP contribution in [0.2, 0.25) is 10.0 Å². The van der Waals surface area contributed by atoms with Gasteiger partial charge in [-0.25, -0.2) is 15.0 Å². The van der Waals surface area contributed by atoms with Gasteiger partial charge < -0.3 is 19.9 Å². The maximum Gasteiger partial charge on any atom is 0.164 e. The minimum absolute atomic E-state index is 0.179. The van der Waals surface area contributed by atoms with Gasteiger partial charge in [0, 0.05) is 18.3 Å². The van der Waals surface area contributed by atoms with Crippen molar-refractivity contribution in [2.24, 2.45) is 5.92 Å². The van der Waals surface area contributed by atoms with Crippen LogP contribution in [0.3, 0.4) is 0 Å². The number of aromatic nitrogens is 4.